The van der Waals surface area contributed by atoms with E-state index in [-0.39, 0.29) is 43.2 Å². The Bertz CT molecular complexity index is 1680. The van der Waals surface area contributed by atoms with Gasteiger partial charge in [0.15, 0.2) is 23.6 Å². The Morgan fingerprint density at radius 3 is 2.72 bits per heavy atom. The van der Waals surface area contributed by atoms with Crippen LogP contribution in [0.25, 0.3) is 0 Å². The zero-order chi connectivity index (χ0) is 38.6. The molecule has 2 saturated heterocycles. The van der Waals surface area contributed by atoms with Crippen LogP contribution in [0.3, 0.4) is 0 Å². The summed E-state index contributed by atoms with van der Waals surface area (Å²) in [5.74, 6) is -1.15. The highest BCUT2D eigenvalue weighted by Gasteiger charge is 2.65. The molecule has 4 amide bonds. The van der Waals surface area contributed by atoms with E-state index in [9.17, 15) is 24.0 Å². The van der Waals surface area contributed by atoms with Crippen LogP contribution >= 0.6 is 0 Å². The van der Waals surface area contributed by atoms with Crippen molar-refractivity contribution in [1.82, 2.24) is 25.8 Å². The van der Waals surface area contributed by atoms with E-state index in [1.165, 1.54) is 11.1 Å². The van der Waals surface area contributed by atoms with Gasteiger partial charge in [-0.05, 0) is 88.6 Å². The monoisotopic (exact) mass is 752 g/mol. The molecule has 7 unspecified atom stereocenters. The number of carbonyl (C=O) groups is 5. The molecular weight excluding hydrogens is 700 g/mol. The molecule has 294 valence electrons. The molecule has 1 spiro atoms. The fraction of sp³-hybridized carbons (Fsp3) is 0.622. The number of hydrogen-bond donors (Lipinski definition) is 6. The van der Waals surface area contributed by atoms with Crippen LogP contribution < -0.4 is 36.9 Å². The van der Waals surface area contributed by atoms with Crippen LogP contribution in [0, 0.1) is 11.8 Å². The predicted octanol–water partition coefficient (Wildman–Crippen LogP) is -0.573. The van der Waals surface area contributed by atoms with Crippen LogP contribution in [0.2, 0.25) is 0 Å². The molecule has 54 heavy (non-hydrogen) atoms. The largest absolute Gasteiger partial charge is 0.493 e. The first kappa shape index (κ1) is 38.8. The van der Waals surface area contributed by atoms with Gasteiger partial charge in [-0.15, -0.1) is 0 Å². The number of aliphatic hydroxyl groups excluding tert-OH is 1. The van der Waals surface area contributed by atoms with Gasteiger partial charge in [-0.1, -0.05) is 6.07 Å². The topological polar surface area (TPSA) is 240 Å². The van der Waals surface area contributed by atoms with E-state index in [1.807, 2.05) is 12.1 Å². The van der Waals surface area contributed by atoms with Gasteiger partial charge >= 0.3 is 6.09 Å². The van der Waals surface area contributed by atoms with Crippen LogP contribution in [0.1, 0.15) is 56.1 Å². The van der Waals surface area contributed by atoms with Gasteiger partial charge in [0, 0.05) is 36.7 Å². The van der Waals surface area contributed by atoms with Gasteiger partial charge < -0.3 is 61.3 Å². The van der Waals surface area contributed by atoms with E-state index >= 15 is 0 Å². The lowest BCUT2D eigenvalue weighted by molar-refractivity contribution is -0.133. The number of carbonyl (C=O) groups excluding carboxylic acids is 5. The van der Waals surface area contributed by atoms with Gasteiger partial charge in [0.2, 0.25) is 17.7 Å². The van der Waals surface area contributed by atoms with Crippen molar-refractivity contribution in [3.63, 3.8) is 0 Å². The molecule has 1 aromatic rings. The minimum atomic E-state index is -1.31. The first-order valence-electron chi connectivity index (χ1n) is 18.7. The molecular formula is C37H52N8O9. The normalized spacial score (nSPS) is 26.1. The molecule has 17 nitrogen and oxygen atoms in total. The Hall–Kier alpha value is -4.90. The van der Waals surface area contributed by atoms with Crippen LogP contribution in [-0.2, 0) is 35.8 Å². The smallest absolute Gasteiger partial charge is 0.415 e. The number of aldehydes is 1. The molecule has 1 aromatic carbocycles. The van der Waals surface area contributed by atoms with Gasteiger partial charge in [-0.2, -0.15) is 0 Å². The summed E-state index contributed by atoms with van der Waals surface area (Å²) >= 11 is 0. The molecule has 3 aliphatic heterocycles. The number of aliphatic imine (C=N–C) groups is 1. The number of likely N-dealkylation sites (N-methyl/N-ethyl adjacent to an activating group) is 1. The molecule has 0 radical (unpaired) electrons. The van der Waals surface area contributed by atoms with E-state index in [0.29, 0.717) is 42.9 Å². The maximum atomic E-state index is 14.0. The highest BCUT2D eigenvalue weighted by molar-refractivity contribution is 5.95. The minimum Gasteiger partial charge on any atom is -0.493 e. The van der Waals surface area contributed by atoms with Crippen LogP contribution in [0.5, 0.6) is 11.5 Å². The summed E-state index contributed by atoms with van der Waals surface area (Å²) in [6.07, 6.45) is 6.69. The van der Waals surface area contributed by atoms with E-state index in [1.54, 1.807) is 12.0 Å². The molecule has 7 atom stereocenters. The number of ether oxygens (including phenoxy) is 3. The first-order chi connectivity index (χ1) is 26.0. The molecule has 5 aliphatic rings. The van der Waals surface area contributed by atoms with Crippen molar-refractivity contribution in [3.05, 3.63) is 35.1 Å². The third-order valence-corrected chi connectivity index (χ3v) is 11.7. The number of nitrogens with one attached hydrogen (secondary N) is 3. The average molecular weight is 753 g/mol. The lowest BCUT2D eigenvalue weighted by Crippen LogP contribution is -2.63. The van der Waals surface area contributed by atoms with Gasteiger partial charge in [0.1, 0.15) is 24.0 Å². The van der Waals surface area contributed by atoms with Crippen molar-refractivity contribution in [2.45, 2.75) is 81.0 Å². The van der Waals surface area contributed by atoms with E-state index in [2.05, 4.69) is 39.0 Å². The lowest BCUT2D eigenvalue weighted by Gasteiger charge is -2.56. The molecule has 17 heteroatoms. The fourth-order valence-electron chi connectivity index (χ4n) is 9.02. The van der Waals surface area contributed by atoms with Crippen LogP contribution in [0.4, 0.5) is 4.79 Å². The Morgan fingerprint density at radius 1 is 1.17 bits per heavy atom. The Kier molecular flexibility index (Phi) is 12.0. The molecule has 3 heterocycles. The number of guanidine groups is 1. The molecule has 0 aromatic heterocycles. The molecule has 0 saturated carbocycles. The summed E-state index contributed by atoms with van der Waals surface area (Å²) in [6, 6.07) is 3.08. The van der Waals surface area contributed by atoms with E-state index < -0.39 is 55.0 Å². The first-order valence-corrected chi connectivity index (χ1v) is 18.7. The summed E-state index contributed by atoms with van der Waals surface area (Å²) in [5.41, 5.74) is 13.0. The fourth-order valence-corrected chi connectivity index (χ4v) is 9.02. The zero-order valence-corrected chi connectivity index (χ0v) is 30.9. The number of rotatable bonds is 15. The number of amides is 4. The second kappa shape index (κ2) is 16.6. The number of likely N-dealkylation sites (tertiary alicyclic amines) is 2. The molecule has 6 rings (SSSR count). The van der Waals surface area contributed by atoms with Gasteiger partial charge in [0.25, 0.3) is 0 Å². The van der Waals surface area contributed by atoms with Gasteiger partial charge in [-0.25, -0.2) is 4.79 Å². The number of hydrogen-bond acceptors (Lipinski definition) is 11. The van der Waals surface area contributed by atoms with Crippen molar-refractivity contribution < 1.29 is 43.3 Å². The summed E-state index contributed by atoms with van der Waals surface area (Å²) in [4.78, 5) is 71.3. The number of piperidine rings is 2. The molecule has 2 fully saturated rings. The highest BCUT2D eigenvalue weighted by Crippen LogP contribution is 2.63. The number of nitrogens with zero attached hydrogens (tertiary/aromatic N) is 3. The standard InChI is InChI=1S/C37H52N8O9/c1-44-15-12-37-24-9-11-28(32(37)54-31-27(52-2)10-8-21(30(31)37)16-26(24)44)53-36(51)45-14-4-3-6-23(45)17-41-34(50)25(7-5-13-40-35(38)39)43-29(48)18-42-33(49)22(19-46)20-47/h8,10-11,19,22-26,32,47H,3-7,9,12-18,20H2,1-2H3,(H,41,50)(H,42,49)(H,43,48)(H4,38,39,40). The zero-order valence-electron chi connectivity index (χ0n) is 30.9. The number of allylic oxidation sites excluding steroid dienone is 1. The van der Waals surface area contributed by atoms with Crippen molar-refractivity contribution in [2.24, 2.45) is 28.3 Å². The Balaban J connectivity index is 1.12. The number of nitrogens with two attached hydrogens (primary N) is 2. The Morgan fingerprint density at radius 2 is 1.98 bits per heavy atom. The summed E-state index contributed by atoms with van der Waals surface area (Å²) in [7, 11) is 3.82. The third-order valence-electron chi connectivity index (χ3n) is 11.7. The maximum Gasteiger partial charge on any atom is 0.415 e. The van der Waals surface area contributed by atoms with Crippen LogP contribution in [-0.4, -0.2) is 129 Å². The van der Waals surface area contributed by atoms with Crippen molar-refractivity contribution in [1.29, 1.82) is 0 Å². The van der Waals surface area contributed by atoms with Crippen LogP contribution in [0.15, 0.2) is 29.0 Å². The molecule has 2 bridgehead atoms. The van der Waals surface area contributed by atoms with Gasteiger partial charge in [0.05, 0.1) is 26.3 Å². The summed E-state index contributed by atoms with van der Waals surface area (Å²) in [6.45, 7) is 0.480. The highest BCUT2D eigenvalue weighted by atomic mass is 16.6. The lowest BCUT2D eigenvalue weighted by atomic mass is 9.53. The average Bonchev–Trinajstić information content (AvgIpc) is 3.52. The second-order valence-electron chi connectivity index (χ2n) is 14.8. The molecule has 8 N–H and O–H groups in total. The predicted molar refractivity (Wildman–Crippen MR) is 195 cm³/mol. The number of methoxy groups -OCH3 is 1. The number of benzene rings is 1. The Labute approximate surface area is 314 Å². The molecule has 2 aliphatic carbocycles. The summed E-state index contributed by atoms with van der Waals surface area (Å²) < 4.78 is 18.7. The van der Waals surface area contributed by atoms with Crippen molar-refractivity contribution in [2.75, 3.05) is 53.5 Å². The quantitative estimate of drug-likeness (QED) is 0.0434. The van der Waals surface area contributed by atoms with Gasteiger partial charge in [-0.3, -0.25) is 19.4 Å². The summed E-state index contributed by atoms with van der Waals surface area (Å²) in [5, 5.41) is 17.0. The minimum absolute atomic E-state index is 0.105. The van der Waals surface area contributed by atoms with E-state index in [4.69, 9.17) is 30.8 Å². The number of aliphatic hydroxyl groups is 1. The van der Waals surface area contributed by atoms with Crippen molar-refractivity contribution in [3.8, 4) is 11.5 Å². The van der Waals surface area contributed by atoms with Crippen molar-refractivity contribution >= 4 is 36.1 Å². The maximum absolute atomic E-state index is 14.0. The second-order valence-corrected chi connectivity index (χ2v) is 14.8. The van der Waals surface area contributed by atoms with E-state index in [0.717, 1.165) is 44.4 Å². The SMILES string of the molecule is COc1ccc2c3c1OC1C(OC(=O)N4CCCCC4CNC(=O)C(CCCN=C(N)N)NC(=O)CNC(=O)C(C=O)CO)=CCC4C(C2)N(C)CCC314. The third kappa shape index (κ3) is 7.56.